The molecule has 2 rings (SSSR count). The van der Waals surface area contributed by atoms with Crippen molar-refractivity contribution in [3.05, 3.63) is 46.5 Å². The van der Waals surface area contributed by atoms with Crippen LogP contribution in [0.1, 0.15) is 16.1 Å². The molecule has 17 heavy (non-hydrogen) atoms. The smallest absolute Gasteiger partial charge is 0.251 e. The van der Waals surface area contributed by atoms with Crippen LogP contribution in [0.3, 0.4) is 0 Å². The molecule has 0 aliphatic heterocycles. The summed E-state index contributed by atoms with van der Waals surface area (Å²) in [5.41, 5.74) is 1.23. The summed E-state index contributed by atoms with van der Waals surface area (Å²) in [6.07, 6.45) is 3.19. The minimum atomic E-state index is -0.248. The van der Waals surface area contributed by atoms with Gasteiger partial charge in [-0.1, -0.05) is 0 Å². The van der Waals surface area contributed by atoms with Crippen LogP contribution in [0.25, 0.3) is 0 Å². The quantitative estimate of drug-likeness (QED) is 0.808. The van der Waals surface area contributed by atoms with Gasteiger partial charge in [0.1, 0.15) is 5.75 Å². The average Bonchev–Trinajstić information content (AvgIpc) is 2.82. The maximum Gasteiger partial charge on any atom is 0.251 e. The molecule has 0 spiro atoms. The summed E-state index contributed by atoms with van der Waals surface area (Å²) in [6, 6.07) is 4.67. The van der Waals surface area contributed by atoms with Crippen LogP contribution in [0, 0.1) is 0 Å². The second-order valence-electron chi connectivity index (χ2n) is 3.43. The number of rotatable bonds is 3. The molecule has 1 amide bonds. The lowest BCUT2D eigenvalue weighted by atomic mass is 10.2. The molecule has 2 aromatic rings. The van der Waals surface area contributed by atoms with Crippen molar-refractivity contribution >= 4 is 21.8 Å². The third kappa shape index (κ3) is 2.85. The molecule has 0 atom stereocenters. The van der Waals surface area contributed by atoms with Gasteiger partial charge in [0.25, 0.3) is 5.91 Å². The van der Waals surface area contributed by atoms with E-state index in [-0.39, 0.29) is 11.7 Å². The predicted octanol–water partition coefficient (Wildman–Crippen LogP) is 1.81. The van der Waals surface area contributed by atoms with Crippen molar-refractivity contribution in [3.63, 3.8) is 0 Å². The molecular weight excluding hydrogens is 286 g/mol. The van der Waals surface area contributed by atoms with E-state index in [1.807, 2.05) is 0 Å². The van der Waals surface area contributed by atoms with Gasteiger partial charge in [0.15, 0.2) is 0 Å². The molecule has 0 saturated carbocycles. The number of phenolic OH excluding ortho intramolecular Hbond substituents is 1. The summed E-state index contributed by atoms with van der Waals surface area (Å²) in [6.45, 7) is 0.371. The highest BCUT2D eigenvalue weighted by Crippen LogP contribution is 2.24. The Kier molecular flexibility index (Phi) is 3.43. The van der Waals surface area contributed by atoms with E-state index in [0.29, 0.717) is 16.6 Å². The Hall–Kier alpha value is -1.82. The Morgan fingerprint density at radius 1 is 1.53 bits per heavy atom. The van der Waals surface area contributed by atoms with Crippen molar-refractivity contribution < 1.29 is 9.90 Å². The first-order chi connectivity index (χ1) is 8.16. The number of halogens is 1. The van der Waals surface area contributed by atoms with Crippen molar-refractivity contribution in [3.8, 4) is 5.75 Å². The average molecular weight is 296 g/mol. The van der Waals surface area contributed by atoms with Crippen molar-refractivity contribution in [2.24, 2.45) is 0 Å². The van der Waals surface area contributed by atoms with Crippen LogP contribution in [-0.4, -0.2) is 21.0 Å². The molecule has 0 aliphatic rings. The second-order valence-corrected chi connectivity index (χ2v) is 4.28. The first-order valence-electron chi connectivity index (χ1n) is 4.91. The zero-order valence-electron chi connectivity index (χ0n) is 8.77. The molecule has 0 bridgehead atoms. The second kappa shape index (κ2) is 5.01. The lowest BCUT2D eigenvalue weighted by Crippen LogP contribution is -2.22. The van der Waals surface area contributed by atoms with Crippen LogP contribution in [0.4, 0.5) is 0 Å². The van der Waals surface area contributed by atoms with Crippen LogP contribution in [0.5, 0.6) is 5.75 Å². The Labute approximate surface area is 106 Å². The number of phenols is 1. The lowest BCUT2D eigenvalue weighted by Gasteiger charge is -2.04. The number of amides is 1. The minimum Gasteiger partial charge on any atom is -0.507 e. The Morgan fingerprint density at radius 2 is 2.35 bits per heavy atom. The number of nitrogens with zero attached hydrogens (tertiary/aromatic N) is 1. The molecule has 0 aliphatic carbocycles. The first-order valence-corrected chi connectivity index (χ1v) is 5.70. The van der Waals surface area contributed by atoms with Crippen molar-refractivity contribution in [2.75, 3.05) is 0 Å². The number of benzene rings is 1. The molecule has 0 saturated heterocycles. The highest BCUT2D eigenvalue weighted by Gasteiger charge is 2.08. The number of aromatic hydroxyl groups is 1. The lowest BCUT2D eigenvalue weighted by molar-refractivity contribution is 0.0950. The number of hydrogen-bond donors (Lipinski definition) is 3. The summed E-state index contributed by atoms with van der Waals surface area (Å²) in [5, 5.41) is 12.2. The Morgan fingerprint density at radius 3 is 3.00 bits per heavy atom. The van der Waals surface area contributed by atoms with E-state index in [1.54, 1.807) is 24.7 Å². The van der Waals surface area contributed by atoms with Gasteiger partial charge in [0, 0.05) is 11.8 Å². The van der Waals surface area contributed by atoms with Crippen LogP contribution in [-0.2, 0) is 6.54 Å². The number of nitrogens with one attached hydrogen (secondary N) is 2. The SMILES string of the molecule is O=C(NCc1cnc[nH]1)c1ccc(Br)c(O)c1. The monoisotopic (exact) mass is 295 g/mol. The fraction of sp³-hybridized carbons (Fsp3) is 0.0909. The van der Waals surface area contributed by atoms with Gasteiger partial charge in [-0.05, 0) is 34.1 Å². The molecule has 3 N–H and O–H groups in total. The van der Waals surface area contributed by atoms with Crippen molar-refractivity contribution in [2.45, 2.75) is 6.54 Å². The number of H-pyrrole nitrogens is 1. The summed E-state index contributed by atoms with van der Waals surface area (Å²) >= 11 is 3.15. The first kappa shape index (κ1) is 11.7. The third-order valence-electron chi connectivity index (χ3n) is 2.20. The van der Waals surface area contributed by atoms with Gasteiger partial charge in [0.2, 0.25) is 0 Å². The van der Waals surface area contributed by atoms with Gasteiger partial charge < -0.3 is 15.4 Å². The number of carbonyl (C=O) groups is 1. The van der Waals surface area contributed by atoms with Gasteiger partial charge in [0.05, 0.1) is 23.0 Å². The van der Waals surface area contributed by atoms with Crippen LogP contribution < -0.4 is 5.32 Å². The molecule has 1 aromatic heterocycles. The third-order valence-corrected chi connectivity index (χ3v) is 2.87. The van der Waals surface area contributed by atoms with Crippen molar-refractivity contribution in [1.82, 2.24) is 15.3 Å². The number of aromatic nitrogens is 2. The molecule has 1 aromatic carbocycles. The fourth-order valence-corrected chi connectivity index (χ4v) is 1.56. The molecule has 1 heterocycles. The topological polar surface area (TPSA) is 78.0 Å². The van der Waals surface area contributed by atoms with E-state index >= 15 is 0 Å². The number of imidazole rings is 1. The summed E-state index contributed by atoms with van der Waals surface area (Å²) in [7, 11) is 0. The highest BCUT2D eigenvalue weighted by atomic mass is 79.9. The summed E-state index contributed by atoms with van der Waals surface area (Å²) in [5.74, 6) is -0.207. The molecule has 0 fully saturated rings. The van der Waals surface area contributed by atoms with Crippen LogP contribution in [0.2, 0.25) is 0 Å². The largest absolute Gasteiger partial charge is 0.507 e. The Bertz CT molecular complexity index is 526. The van der Waals surface area contributed by atoms with E-state index in [1.165, 1.54) is 6.07 Å². The zero-order chi connectivity index (χ0) is 12.3. The van der Waals surface area contributed by atoms with Gasteiger partial charge >= 0.3 is 0 Å². The van der Waals surface area contributed by atoms with E-state index < -0.39 is 0 Å². The van der Waals surface area contributed by atoms with Crippen LogP contribution in [0.15, 0.2) is 35.2 Å². The predicted molar refractivity (Wildman–Crippen MR) is 65.6 cm³/mol. The number of aromatic amines is 1. The van der Waals surface area contributed by atoms with Gasteiger partial charge in [-0.25, -0.2) is 4.98 Å². The van der Waals surface area contributed by atoms with E-state index in [2.05, 4.69) is 31.2 Å². The Balaban J connectivity index is 2.02. The highest BCUT2D eigenvalue weighted by molar-refractivity contribution is 9.10. The molecule has 0 radical (unpaired) electrons. The van der Waals surface area contributed by atoms with Gasteiger partial charge in [-0.15, -0.1) is 0 Å². The normalized spacial score (nSPS) is 10.2. The summed E-state index contributed by atoms with van der Waals surface area (Å²) < 4.78 is 0.558. The molecular formula is C11H10BrN3O2. The summed E-state index contributed by atoms with van der Waals surface area (Å²) in [4.78, 5) is 18.5. The molecule has 0 unspecified atom stereocenters. The van der Waals surface area contributed by atoms with Crippen molar-refractivity contribution in [1.29, 1.82) is 0 Å². The minimum absolute atomic E-state index is 0.0409. The fourth-order valence-electron chi connectivity index (χ4n) is 1.31. The molecule has 6 heteroatoms. The molecule has 88 valence electrons. The van der Waals surface area contributed by atoms with E-state index in [9.17, 15) is 9.90 Å². The van der Waals surface area contributed by atoms with E-state index in [0.717, 1.165) is 5.69 Å². The van der Waals surface area contributed by atoms with Crippen LogP contribution >= 0.6 is 15.9 Å². The maximum absolute atomic E-state index is 11.7. The van der Waals surface area contributed by atoms with Gasteiger partial charge in [-0.3, -0.25) is 4.79 Å². The zero-order valence-corrected chi connectivity index (χ0v) is 10.4. The van der Waals surface area contributed by atoms with E-state index in [4.69, 9.17) is 0 Å². The standard InChI is InChI=1S/C11H10BrN3O2/c12-9-2-1-7(3-10(9)16)11(17)14-5-8-4-13-6-15-8/h1-4,6,16H,5H2,(H,13,15)(H,14,17). The maximum atomic E-state index is 11.7. The molecule has 5 nitrogen and oxygen atoms in total. The number of carbonyl (C=O) groups excluding carboxylic acids is 1. The number of hydrogen-bond acceptors (Lipinski definition) is 3. The van der Waals surface area contributed by atoms with Gasteiger partial charge in [-0.2, -0.15) is 0 Å².